The van der Waals surface area contributed by atoms with Gasteiger partial charge in [-0.05, 0) is 32.0 Å². The Labute approximate surface area is 156 Å². The normalized spacial score (nSPS) is 18.3. The Morgan fingerprint density at radius 1 is 1.50 bits per heavy atom. The predicted molar refractivity (Wildman–Crippen MR) is 101 cm³/mol. The van der Waals surface area contributed by atoms with Crippen molar-refractivity contribution >= 4 is 38.5 Å². The summed E-state index contributed by atoms with van der Waals surface area (Å²) in [5, 5.41) is 3.39. The molecule has 1 aromatic heterocycles. The monoisotopic (exact) mass is 377 g/mol. The molecule has 2 atom stereocenters. The molecule has 1 aliphatic heterocycles. The van der Waals surface area contributed by atoms with Crippen LogP contribution >= 0.6 is 11.3 Å². The van der Waals surface area contributed by atoms with Crippen LogP contribution in [0.1, 0.15) is 20.3 Å². The Balaban J connectivity index is 1.66. The standard InChI is InChI=1S/C18H23N3O4S/c1-4-25-13-5-6-14-15(8-13)26-18(19-14)20-17(23)12-7-16(22)21(9-12)11(2)10-24-3/h5-6,8,11-12H,4,7,9-10H2,1-3H3,(H,19,20,23)/t11-,12-/m1/s1. The SMILES string of the molecule is CCOc1ccc2nc(NC(=O)[C@@H]3CC(=O)N([C@H](C)COC)C3)sc2c1. The van der Waals surface area contributed by atoms with Crippen LogP contribution in [0.2, 0.25) is 0 Å². The van der Waals surface area contributed by atoms with E-state index >= 15 is 0 Å². The zero-order chi connectivity index (χ0) is 18.7. The Morgan fingerprint density at radius 3 is 3.04 bits per heavy atom. The third-order valence-electron chi connectivity index (χ3n) is 4.37. The van der Waals surface area contributed by atoms with Crippen molar-refractivity contribution < 1.29 is 19.1 Å². The number of hydrogen-bond acceptors (Lipinski definition) is 6. The molecule has 7 nitrogen and oxygen atoms in total. The maximum atomic E-state index is 12.6. The average Bonchev–Trinajstić information content (AvgIpc) is 3.18. The van der Waals surface area contributed by atoms with Crippen LogP contribution in [0.4, 0.5) is 5.13 Å². The van der Waals surface area contributed by atoms with Gasteiger partial charge in [0.25, 0.3) is 0 Å². The molecule has 1 N–H and O–H groups in total. The second-order valence-corrected chi connectivity index (χ2v) is 7.35. The zero-order valence-corrected chi connectivity index (χ0v) is 16.0. The van der Waals surface area contributed by atoms with Crippen LogP contribution in [0.15, 0.2) is 18.2 Å². The van der Waals surface area contributed by atoms with Gasteiger partial charge in [0.05, 0.1) is 35.4 Å². The van der Waals surface area contributed by atoms with Gasteiger partial charge in [-0.3, -0.25) is 9.59 Å². The maximum Gasteiger partial charge on any atom is 0.231 e. The second-order valence-electron chi connectivity index (χ2n) is 6.32. The van der Waals surface area contributed by atoms with E-state index in [9.17, 15) is 9.59 Å². The number of fused-ring (bicyclic) bond motifs is 1. The van der Waals surface area contributed by atoms with Crippen LogP contribution in [-0.4, -0.2) is 54.6 Å². The summed E-state index contributed by atoms with van der Waals surface area (Å²) in [6.07, 6.45) is 0.221. The van der Waals surface area contributed by atoms with Crippen molar-refractivity contribution in [3.8, 4) is 5.75 Å². The summed E-state index contributed by atoms with van der Waals surface area (Å²) in [5.74, 6) is 0.230. The molecule has 26 heavy (non-hydrogen) atoms. The number of carbonyl (C=O) groups excluding carboxylic acids is 2. The van der Waals surface area contributed by atoms with Crippen LogP contribution in [0.5, 0.6) is 5.75 Å². The highest BCUT2D eigenvalue weighted by atomic mass is 32.1. The van der Waals surface area contributed by atoms with Crippen LogP contribution < -0.4 is 10.1 Å². The van der Waals surface area contributed by atoms with Crippen molar-refractivity contribution in [2.24, 2.45) is 5.92 Å². The Hall–Kier alpha value is -2.19. The van der Waals surface area contributed by atoms with E-state index in [1.54, 1.807) is 12.0 Å². The van der Waals surface area contributed by atoms with Crippen LogP contribution in [0.3, 0.4) is 0 Å². The number of carbonyl (C=O) groups is 2. The number of hydrogen-bond donors (Lipinski definition) is 1. The van der Waals surface area contributed by atoms with Crippen LogP contribution in [0.25, 0.3) is 10.2 Å². The minimum Gasteiger partial charge on any atom is -0.494 e. The number of rotatable bonds is 7. The maximum absolute atomic E-state index is 12.6. The second kappa shape index (κ2) is 8.01. The molecule has 3 rings (SSSR count). The molecule has 0 unspecified atom stereocenters. The number of aromatic nitrogens is 1. The number of ether oxygens (including phenoxy) is 2. The molecule has 0 bridgehead atoms. The summed E-state index contributed by atoms with van der Waals surface area (Å²) in [7, 11) is 1.60. The molecule has 1 saturated heterocycles. The molecule has 140 valence electrons. The highest BCUT2D eigenvalue weighted by Gasteiger charge is 2.36. The molecule has 0 radical (unpaired) electrons. The fraction of sp³-hybridized carbons (Fsp3) is 0.500. The number of methoxy groups -OCH3 is 1. The molecule has 0 saturated carbocycles. The lowest BCUT2D eigenvalue weighted by Crippen LogP contribution is -2.38. The number of thiazole rings is 1. The van der Waals surface area contributed by atoms with Gasteiger partial charge in [0.1, 0.15) is 5.75 Å². The topological polar surface area (TPSA) is 80.8 Å². The molecule has 2 heterocycles. The largest absolute Gasteiger partial charge is 0.494 e. The molecule has 1 fully saturated rings. The van der Waals surface area contributed by atoms with Crippen molar-refractivity contribution in [2.75, 3.05) is 32.2 Å². The highest BCUT2D eigenvalue weighted by Crippen LogP contribution is 2.30. The van der Waals surface area contributed by atoms with Gasteiger partial charge < -0.3 is 19.7 Å². The van der Waals surface area contributed by atoms with Gasteiger partial charge in [-0.1, -0.05) is 11.3 Å². The summed E-state index contributed by atoms with van der Waals surface area (Å²) in [6.45, 7) is 5.32. The predicted octanol–water partition coefficient (Wildman–Crippen LogP) is 2.52. The molecular weight excluding hydrogens is 354 g/mol. The Morgan fingerprint density at radius 2 is 2.31 bits per heavy atom. The first-order valence-electron chi connectivity index (χ1n) is 8.64. The third kappa shape index (κ3) is 3.96. The molecule has 2 amide bonds. The average molecular weight is 377 g/mol. The van der Waals surface area contributed by atoms with Gasteiger partial charge in [-0.25, -0.2) is 4.98 Å². The fourth-order valence-electron chi connectivity index (χ4n) is 3.09. The zero-order valence-electron chi connectivity index (χ0n) is 15.2. The van der Waals surface area contributed by atoms with E-state index in [1.165, 1.54) is 11.3 Å². The van der Waals surface area contributed by atoms with Gasteiger partial charge >= 0.3 is 0 Å². The quantitative estimate of drug-likeness (QED) is 0.802. The minimum absolute atomic E-state index is 0.0136. The van der Waals surface area contributed by atoms with Gasteiger partial charge in [0.15, 0.2) is 5.13 Å². The number of nitrogens with one attached hydrogen (secondary N) is 1. The van der Waals surface area contributed by atoms with Gasteiger partial charge in [0, 0.05) is 20.1 Å². The Kier molecular flexibility index (Phi) is 5.73. The summed E-state index contributed by atoms with van der Waals surface area (Å²) in [6, 6.07) is 5.62. The van der Waals surface area contributed by atoms with Crippen molar-refractivity contribution in [3.05, 3.63) is 18.2 Å². The molecule has 1 aromatic carbocycles. The summed E-state index contributed by atoms with van der Waals surface area (Å²) >= 11 is 1.40. The van der Waals surface area contributed by atoms with E-state index in [2.05, 4.69) is 10.3 Å². The number of nitrogens with zero attached hydrogens (tertiary/aromatic N) is 2. The van der Waals surface area contributed by atoms with E-state index < -0.39 is 0 Å². The highest BCUT2D eigenvalue weighted by molar-refractivity contribution is 7.22. The fourth-order valence-corrected chi connectivity index (χ4v) is 3.98. The van der Waals surface area contributed by atoms with E-state index in [-0.39, 0.29) is 30.2 Å². The summed E-state index contributed by atoms with van der Waals surface area (Å²) < 4.78 is 11.5. The molecular formula is C18H23N3O4S. The number of benzene rings is 1. The van der Waals surface area contributed by atoms with Gasteiger partial charge in [-0.15, -0.1) is 0 Å². The number of anilines is 1. The first kappa shape index (κ1) is 18.6. The van der Waals surface area contributed by atoms with Crippen molar-refractivity contribution in [3.63, 3.8) is 0 Å². The van der Waals surface area contributed by atoms with Gasteiger partial charge in [-0.2, -0.15) is 0 Å². The molecule has 2 aromatic rings. The lowest BCUT2D eigenvalue weighted by atomic mass is 10.1. The molecule has 1 aliphatic rings. The lowest BCUT2D eigenvalue weighted by Gasteiger charge is -2.23. The van der Waals surface area contributed by atoms with E-state index in [0.29, 0.717) is 24.9 Å². The third-order valence-corrected chi connectivity index (χ3v) is 5.30. The van der Waals surface area contributed by atoms with Crippen molar-refractivity contribution in [1.29, 1.82) is 0 Å². The lowest BCUT2D eigenvalue weighted by molar-refractivity contribution is -0.130. The number of likely N-dealkylation sites (tertiary alicyclic amines) is 1. The first-order valence-corrected chi connectivity index (χ1v) is 9.46. The summed E-state index contributed by atoms with van der Waals surface area (Å²) in [5.41, 5.74) is 0.812. The minimum atomic E-state index is -0.368. The smallest absolute Gasteiger partial charge is 0.231 e. The first-order chi connectivity index (χ1) is 12.5. The van der Waals surface area contributed by atoms with E-state index in [0.717, 1.165) is 16.0 Å². The van der Waals surface area contributed by atoms with Gasteiger partial charge in [0.2, 0.25) is 11.8 Å². The Bertz CT molecular complexity index is 807. The summed E-state index contributed by atoms with van der Waals surface area (Å²) in [4.78, 5) is 30.9. The van der Waals surface area contributed by atoms with Crippen LogP contribution in [-0.2, 0) is 14.3 Å². The molecule has 8 heteroatoms. The number of amides is 2. The molecule has 0 aliphatic carbocycles. The van der Waals surface area contributed by atoms with Crippen molar-refractivity contribution in [1.82, 2.24) is 9.88 Å². The van der Waals surface area contributed by atoms with E-state index in [4.69, 9.17) is 9.47 Å². The van der Waals surface area contributed by atoms with Crippen molar-refractivity contribution in [2.45, 2.75) is 26.3 Å². The van der Waals surface area contributed by atoms with Crippen LogP contribution in [0, 0.1) is 5.92 Å². The molecule has 0 spiro atoms. The van der Waals surface area contributed by atoms with E-state index in [1.807, 2.05) is 32.0 Å².